The van der Waals surface area contributed by atoms with Gasteiger partial charge in [0, 0.05) is 33.4 Å². The first kappa shape index (κ1) is 10.8. The summed E-state index contributed by atoms with van der Waals surface area (Å²) in [5.41, 5.74) is 1.81. The molecule has 0 saturated carbocycles. The number of nitrogens with one attached hydrogen (secondary N) is 1. The Hall–Kier alpha value is -1.31. The third kappa shape index (κ3) is 2.87. The fraction of sp³-hybridized carbons (Fsp3) is 0.500. The lowest BCUT2D eigenvalue weighted by Crippen LogP contribution is -2.18. The predicted molar refractivity (Wildman–Crippen MR) is 53.7 cm³/mol. The molecule has 14 heavy (non-hydrogen) atoms. The average Bonchev–Trinajstić information content (AvgIpc) is 2.54. The highest BCUT2D eigenvalue weighted by Crippen LogP contribution is 2.05. The zero-order valence-corrected chi connectivity index (χ0v) is 8.58. The largest absolute Gasteiger partial charge is 0.383 e. The highest BCUT2D eigenvalue weighted by atomic mass is 16.5. The summed E-state index contributed by atoms with van der Waals surface area (Å²) in [7, 11) is 3.55. The number of methoxy groups -OCH3 is 1. The summed E-state index contributed by atoms with van der Waals surface area (Å²) in [5.74, 6) is 0. The first-order valence-electron chi connectivity index (χ1n) is 4.53. The number of nitriles is 1. The van der Waals surface area contributed by atoms with Crippen molar-refractivity contribution in [2.24, 2.45) is 7.05 Å². The van der Waals surface area contributed by atoms with E-state index in [0.29, 0.717) is 12.3 Å². The van der Waals surface area contributed by atoms with Crippen LogP contribution in [0.5, 0.6) is 0 Å². The zero-order valence-electron chi connectivity index (χ0n) is 8.58. The van der Waals surface area contributed by atoms with E-state index in [1.807, 2.05) is 23.9 Å². The van der Waals surface area contributed by atoms with E-state index < -0.39 is 0 Å². The number of rotatable bonds is 5. The van der Waals surface area contributed by atoms with Gasteiger partial charge in [0.15, 0.2) is 0 Å². The molecular formula is C10H15N3O. The highest BCUT2D eigenvalue weighted by molar-refractivity contribution is 5.28. The molecule has 1 aromatic heterocycles. The van der Waals surface area contributed by atoms with E-state index in [1.165, 1.54) is 0 Å². The number of hydrogen-bond donors (Lipinski definition) is 1. The van der Waals surface area contributed by atoms with Crippen LogP contribution in [-0.4, -0.2) is 24.8 Å². The lowest BCUT2D eigenvalue weighted by molar-refractivity contribution is 0.199. The van der Waals surface area contributed by atoms with Crippen molar-refractivity contribution < 1.29 is 4.74 Å². The monoisotopic (exact) mass is 193 g/mol. The van der Waals surface area contributed by atoms with Gasteiger partial charge in [-0.05, 0) is 11.6 Å². The maximum Gasteiger partial charge on any atom is 0.120 e. The van der Waals surface area contributed by atoms with Crippen molar-refractivity contribution in [2.45, 2.75) is 6.54 Å². The fourth-order valence-corrected chi connectivity index (χ4v) is 1.25. The topological polar surface area (TPSA) is 50.0 Å². The van der Waals surface area contributed by atoms with Crippen molar-refractivity contribution in [3.63, 3.8) is 0 Å². The van der Waals surface area contributed by atoms with Gasteiger partial charge in [0.2, 0.25) is 0 Å². The van der Waals surface area contributed by atoms with Gasteiger partial charge in [-0.25, -0.2) is 0 Å². The van der Waals surface area contributed by atoms with Gasteiger partial charge in [-0.1, -0.05) is 0 Å². The van der Waals surface area contributed by atoms with Gasteiger partial charge in [0.1, 0.15) is 11.8 Å². The smallest absolute Gasteiger partial charge is 0.120 e. The van der Waals surface area contributed by atoms with Crippen LogP contribution in [0.2, 0.25) is 0 Å². The molecule has 0 aliphatic rings. The summed E-state index contributed by atoms with van der Waals surface area (Å²) in [6, 6.07) is 4.02. The lowest BCUT2D eigenvalue weighted by Gasteiger charge is -2.00. The van der Waals surface area contributed by atoms with Crippen molar-refractivity contribution in [3.05, 3.63) is 23.5 Å². The van der Waals surface area contributed by atoms with E-state index in [4.69, 9.17) is 10.00 Å². The maximum atomic E-state index is 8.73. The van der Waals surface area contributed by atoms with Crippen LogP contribution in [0.15, 0.2) is 12.3 Å². The van der Waals surface area contributed by atoms with E-state index in [1.54, 1.807) is 7.11 Å². The second-order valence-corrected chi connectivity index (χ2v) is 3.13. The Bertz CT molecular complexity index is 325. The van der Waals surface area contributed by atoms with Crippen molar-refractivity contribution in [3.8, 4) is 6.07 Å². The first-order chi connectivity index (χ1) is 6.77. The van der Waals surface area contributed by atoms with E-state index in [2.05, 4.69) is 11.4 Å². The van der Waals surface area contributed by atoms with Gasteiger partial charge in [0.25, 0.3) is 0 Å². The van der Waals surface area contributed by atoms with Crippen LogP contribution < -0.4 is 5.32 Å². The molecule has 1 aromatic rings. The minimum atomic E-state index is 0.688. The molecule has 0 atom stereocenters. The molecule has 4 heteroatoms. The van der Waals surface area contributed by atoms with E-state index >= 15 is 0 Å². The van der Waals surface area contributed by atoms with E-state index in [9.17, 15) is 0 Å². The van der Waals surface area contributed by atoms with Crippen molar-refractivity contribution in [2.75, 3.05) is 20.3 Å². The molecule has 1 rings (SSSR count). The Balaban J connectivity index is 2.40. The van der Waals surface area contributed by atoms with Crippen LogP contribution in [0.25, 0.3) is 0 Å². The van der Waals surface area contributed by atoms with Crippen LogP contribution in [0.4, 0.5) is 0 Å². The molecule has 0 bridgehead atoms. The zero-order chi connectivity index (χ0) is 10.4. The number of aromatic nitrogens is 1. The van der Waals surface area contributed by atoms with Crippen molar-refractivity contribution in [1.29, 1.82) is 5.26 Å². The van der Waals surface area contributed by atoms with Crippen LogP contribution >= 0.6 is 0 Å². The van der Waals surface area contributed by atoms with Gasteiger partial charge in [-0.3, -0.25) is 0 Å². The average molecular weight is 193 g/mol. The van der Waals surface area contributed by atoms with E-state index in [-0.39, 0.29) is 0 Å². The van der Waals surface area contributed by atoms with Gasteiger partial charge in [0.05, 0.1) is 6.61 Å². The third-order valence-corrected chi connectivity index (χ3v) is 1.99. The summed E-state index contributed by atoms with van der Waals surface area (Å²) in [5, 5.41) is 11.9. The summed E-state index contributed by atoms with van der Waals surface area (Å²) in [6.45, 7) is 2.31. The first-order valence-corrected chi connectivity index (χ1v) is 4.53. The Kier molecular flexibility index (Phi) is 4.17. The lowest BCUT2D eigenvalue weighted by atomic mass is 10.3. The van der Waals surface area contributed by atoms with Crippen LogP contribution in [0, 0.1) is 11.3 Å². The van der Waals surface area contributed by atoms with Gasteiger partial charge in [-0.15, -0.1) is 0 Å². The van der Waals surface area contributed by atoms with Crippen molar-refractivity contribution in [1.82, 2.24) is 9.88 Å². The minimum absolute atomic E-state index is 0.688. The van der Waals surface area contributed by atoms with Crippen LogP contribution in [0.3, 0.4) is 0 Å². The van der Waals surface area contributed by atoms with Gasteiger partial charge < -0.3 is 14.6 Å². The number of nitrogens with zero attached hydrogens (tertiary/aromatic N) is 2. The van der Waals surface area contributed by atoms with E-state index in [0.717, 1.165) is 18.7 Å². The third-order valence-electron chi connectivity index (χ3n) is 1.99. The SMILES string of the molecule is COCCNCc1cc(C#N)n(C)c1. The van der Waals surface area contributed by atoms with Gasteiger partial charge in [-0.2, -0.15) is 5.26 Å². The Morgan fingerprint density at radius 1 is 1.64 bits per heavy atom. The quantitative estimate of drug-likeness (QED) is 0.698. The molecule has 0 aromatic carbocycles. The Morgan fingerprint density at radius 2 is 2.43 bits per heavy atom. The Morgan fingerprint density at radius 3 is 3.00 bits per heavy atom. The second-order valence-electron chi connectivity index (χ2n) is 3.13. The molecule has 0 amide bonds. The fourth-order valence-electron chi connectivity index (χ4n) is 1.25. The molecule has 0 aliphatic carbocycles. The maximum absolute atomic E-state index is 8.73. The van der Waals surface area contributed by atoms with Crippen molar-refractivity contribution >= 4 is 0 Å². The number of aryl methyl sites for hydroxylation is 1. The summed E-state index contributed by atoms with van der Waals surface area (Å²) < 4.78 is 6.74. The summed E-state index contributed by atoms with van der Waals surface area (Å²) >= 11 is 0. The standard InChI is InChI=1S/C10H15N3O/c1-13-8-9(5-10(13)6-11)7-12-3-4-14-2/h5,8,12H,3-4,7H2,1-2H3. The predicted octanol–water partition coefficient (Wildman–Crippen LogP) is 0.633. The minimum Gasteiger partial charge on any atom is -0.383 e. The Labute approximate surface area is 84.1 Å². The number of hydrogen-bond acceptors (Lipinski definition) is 3. The molecule has 0 spiro atoms. The second kappa shape index (κ2) is 5.43. The molecule has 0 unspecified atom stereocenters. The molecule has 4 nitrogen and oxygen atoms in total. The molecule has 1 heterocycles. The molecule has 76 valence electrons. The summed E-state index contributed by atoms with van der Waals surface area (Å²) in [6.07, 6.45) is 1.96. The normalized spacial score (nSPS) is 10.1. The highest BCUT2D eigenvalue weighted by Gasteiger charge is 2.00. The number of ether oxygens (including phenoxy) is 1. The molecule has 1 N–H and O–H groups in total. The summed E-state index contributed by atoms with van der Waals surface area (Å²) in [4.78, 5) is 0. The molecule has 0 fully saturated rings. The van der Waals surface area contributed by atoms with Crippen LogP contribution in [0.1, 0.15) is 11.3 Å². The molecule has 0 radical (unpaired) electrons. The molecular weight excluding hydrogens is 178 g/mol. The van der Waals surface area contributed by atoms with Crippen LogP contribution in [-0.2, 0) is 18.3 Å². The molecule has 0 aliphatic heterocycles. The molecule has 0 saturated heterocycles. The van der Waals surface area contributed by atoms with Gasteiger partial charge >= 0.3 is 0 Å².